The van der Waals surface area contributed by atoms with Crippen LogP contribution in [-0.4, -0.2) is 20.8 Å². The highest BCUT2D eigenvalue weighted by Crippen LogP contribution is 2.27. The largest absolute Gasteiger partial charge is 0.497 e. The number of ether oxygens (including phenoxy) is 2. The van der Waals surface area contributed by atoms with Gasteiger partial charge in [0.25, 0.3) is 0 Å². The molecule has 4 heteroatoms. The fourth-order valence-electron chi connectivity index (χ4n) is 1.55. The Bertz CT molecular complexity index is 307. The van der Waals surface area contributed by atoms with E-state index in [1.165, 1.54) is 0 Å². The Morgan fingerprint density at radius 1 is 1.12 bits per heavy atom. The van der Waals surface area contributed by atoms with Crippen LogP contribution in [0.25, 0.3) is 0 Å². The first-order valence-electron chi connectivity index (χ1n) is 5.40. The Kier molecular flexibility index (Phi) is 5.08. The molecule has 0 fully saturated rings. The van der Waals surface area contributed by atoms with Gasteiger partial charge < -0.3 is 20.9 Å². The van der Waals surface area contributed by atoms with Crippen LogP contribution in [0.5, 0.6) is 11.5 Å². The van der Waals surface area contributed by atoms with E-state index in [4.69, 9.17) is 20.9 Å². The van der Waals surface area contributed by atoms with Crippen molar-refractivity contribution in [1.82, 2.24) is 0 Å². The molecule has 4 N–H and O–H groups in total. The summed E-state index contributed by atoms with van der Waals surface area (Å²) < 4.78 is 10.4. The summed E-state index contributed by atoms with van der Waals surface area (Å²) in [5.74, 6) is 1.52. The maximum atomic E-state index is 6.06. The van der Waals surface area contributed by atoms with E-state index < -0.39 is 0 Å². The zero-order valence-corrected chi connectivity index (χ0v) is 9.90. The monoisotopic (exact) mass is 224 g/mol. The molecule has 0 aliphatic carbocycles. The Morgan fingerprint density at radius 3 is 2.12 bits per heavy atom. The summed E-state index contributed by atoms with van der Waals surface area (Å²) in [6.07, 6.45) is 1.79. The first kappa shape index (κ1) is 12.8. The average Bonchev–Trinajstić information content (AvgIpc) is 2.35. The summed E-state index contributed by atoms with van der Waals surface area (Å²) in [5, 5.41) is 0. The Balaban J connectivity index is 2.85. The minimum Gasteiger partial charge on any atom is -0.497 e. The first-order chi connectivity index (χ1) is 7.71. The fraction of sp³-hybridized carbons (Fsp3) is 0.500. The summed E-state index contributed by atoms with van der Waals surface area (Å²) in [7, 11) is 3.26. The third kappa shape index (κ3) is 3.40. The molecule has 0 radical (unpaired) electrons. The number of methoxy groups -OCH3 is 2. The maximum Gasteiger partial charge on any atom is 0.122 e. The van der Waals surface area contributed by atoms with Crippen LogP contribution in [0.3, 0.4) is 0 Å². The molecular formula is C12H20N2O2. The van der Waals surface area contributed by atoms with Gasteiger partial charge >= 0.3 is 0 Å². The van der Waals surface area contributed by atoms with E-state index in [2.05, 4.69) is 0 Å². The Morgan fingerprint density at radius 2 is 1.69 bits per heavy atom. The minimum absolute atomic E-state index is 0.0208. The van der Waals surface area contributed by atoms with E-state index in [0.717, 1.165) is 29.9 Å². The lowest BCUT2D eigenvalue weighted by Crippen LogP contribution is -2.12. The molecular weight excluding hydrogens is 204 g/mol. The van der Waals surface area contributed by atoms with Crippen molar-refractivity contribution in [3.63, 3.8) is 0 Å². The third-order valence-electron chi connectivity index (χ3n) is 2.52. The molecule has 1 aromatic rings. The molecule has 1 aromatic carbocycles. The number of benzene rings is 1. The smallest absolute Gasteiger partial charge is 0.122 e. The SMILES string of the molecule is COc1cc(OC)cc([C@@H](N)CCCN)c1. The van der Waals surface area contributed by atoms with Gasteiger partial charge in [-0.2, -0.15) is 0 Å². The molecule has 90 valence electrons. The van der Waals surface area contributed by atoms with Crippen molar-refractivity contribution in [2.75, 3.05) is 20.8 Å². The van der Waals surface area contributed by atoms with E-state index >= 15 is 0 Å². The molecule has 16 heavy (non-hydrogen) atoms. The Labute approximate surface area is 96.5 Å². The first-order valence-corrected chi connectivity index (χ1v) is 5.40. The van der Waals surface area contributed by atoms with Crippen molar-refractivity contribution in [2.24, 2.45) is 11.5 Å². The van der Waals surface area contributed by atoms with Crippen LogP contribution >= 0.6 is 0 Å². The van der Waals surface area contributed by atoms with Gasteiger partial charge in [-0.25, -0.2) is 0 Å². The van der Waals surface area contributed by atoms with Gasteiger partial charge in [-0.1, -0.05) is 0 Å². The third-order valence-corrected chi connectivity index (χ3v) is 2.52. The lowest BCUT2D eigenvalue weighted by molar-refractivity contribution is 0.392. The average molecular weight is 224 g/mol. The van der Waals surface area contributed by atoms with Crippen LogP contribution < -0.4 is 20.9 Å². The molecule has 0 amide bonds. The molecule has 0 aliphatic heterocycles. The number of hydrogen-bond acceptors (Lipinski definition) is 4. The van der Waals surface area contributed by atoms with E-state index in [-0.39, 0.29) is 6.04 Å². The van der Waals surface area contributed by atoms with Crippen molar-refractivity contribution >= 4 is 0 Å². The van der Waals surface area contributed by atoms with Crippen molar-refractivity contribution in [3.8, 4) is 11.5 Å². The van der Waals surface area contributed by atoms with Crippen molar-refractivity contribution in [2.45, 2.75) is 18.9 Å². The van der Waals surface area contributed by atoms with Crippen LogP contribution in [0.4, 0.5) is 0 Å². The summed E-state index contributed by atoms with van der Waals surface area (Å²) in [6.45, 7) is 0.662. The fourth-order valence-corrected chi connectivity index (χ4v) is 1.55. The van der Waals surface area contributed by atoms with Gasteiger partial charge in [-0.3, -0.25) is 0 Å². The second kappa shape index (κ2) is 6.35. The molecule has 0 bridgehead atoms. The number of hydrogen-bond donors (Lipinski definition) is 2. The lowest BCUT2D eigenvalue weighted by atomic mass is 10.0. The van der Waals surface area contributed by atoms with Gasteiger partial charge in [0.1, 0.15) is 11.5 Å². The number of rotatable bonds is 6. The van der Waals surface area contributed by atoms with Crippen molar-refractivity contribution < 1.29 is 9.47 Å². The second-order valence-corrected chi connectivity index (χ2v) is 3.68. The van der Waals surface area contributed by atoms with Gasteiger partial charge in [0.15, 0.2) is 0 Å². The predicted octanol–water partition coefficient (Wildman–Crippen LogP) is 1.44. The molecule has 0 aliphatic rings. The normalized spacial score (nSPS) is 12.2. The molecule has 0 spiro atoms. The van der Waals surface area contributed by atoms with E-state index in [0.29, 0.717) is 6.54 Å². The zero-order valence-electron chi connectivity index (χ0n) is 9.90. The number of nitrogens with two attached hydrogens (primary N) is 2. The van der Waals surface area contributed by atoms with Gasteiger partial charge in [0.2, 0.25) is 0 Å². The summed E-state index contributed by atoms with van der Waals surface area (Å²) in [6, 6.07) is 5.68. The van der Waals surface area contributed by atoms with E-state index in [9.17, 15) is 0 Å². The molecule has 1 rings (SSSR count). The quantitative estimate of drug-likeness (QED) is 0.767. The zero-order chi connectivity index (χ0) is 12.0. The summed E-state index contributed by atoms with van der Waals surface area (Å²) in [4.78, 5) is 0. The van der Waals surface area contributed by atoms with Crippen LogP contribution in [0.2, 0.25) is 0 Å². The highest BCUT2D eigenvalue weighted by Gasteiger charge is 2.09. The maximum absolute atomic E-state index is 6.06. The van der Waals surface area contributed by atoms with Gasteiger partial charge in [-0.05, 0) is 37.1 Å². The molecule has 4 nitrogen and oxygen atoms in total. The standard InChI is InChI=1S/C12H20N2O2/c1-15-10-6-9(7-11(8-10)16-2)12(14)4-3-5-13/h6-8,12H,3-5,13-14H2,1-2H3/t12-/m0/s1. The molecule has 0 saturated carbocycles. The second-order valence-electron chi connectivity index (χ2n) is 3.68. The van der Waals surface area contributed by atoms with Crippen LogP contribution in [0.15, 0.2) is 18.2 Å². The summed E-state index contributed by atoms with van der Waals surface area (Å²) >= 11 is 0. The molecule has 0 heterocycles. The molecule has 0 unspecified atom stereocenters. The highest BCUT2D eigenvalue weighted by molar-refractivity contribution is 5.39. The Hall–Kier alpha value is -1.26. The highest BCUT2D eigenvalue weighted by atomic mass is 16.5. The van der Waals surface area contributed by atoms with Gasteiger partial charge in [0.05, 0.1) is 14.2 Å². The lowest BCUT2D eigenvalue weighted by Gasteiger charge is -2.14. The van der Waals surface area contributed by atoms with Gasteiger partial charge in [-0.15, -0.1) is 0 Å². The van der Waals surface area contributed by atoms with Crippen molar-refractivity contribution in [1.29, 1.82) is 0 Å². The molecule has 1 atom stereocenters. The predicted molar refractivity (Wildman–Crippen MR) is 64.8 cm³/mol. The van der Waals surface area contributed by atoms with Crippen molar-refractivity contribution in [3.05, 3.63) is 23.8 Å². The summed E-state index contributed by atoms with van der Waals surface area (Å²) in [5.41, 5.74) is 12.5. The topological polar surface area (TPSA) is 70.5 Å². The van der Waals surface area contributed by atoms with Crippen LogP contribution in [0.1, 0.15) is 24.4 Å². The van der Waals surface area contributed by atoms with Crippen LogP contribution in [0, 0.1) is 0 Å². The van der Waals surface area contributed by atoms with E-state index in [1.807, 2.05) is 18.2 Å². The molecule has 0 aromatic heterocycles. The molecule has 0 saturated heterocycles. The van der Waals surface area contributed by atoms with Gasteiger partial charge in [0, 0.05) is 12.1 Å². The van der Waals surface area contributed by atoms with Crippen LogP contribution in [-0.2, 0) is 0 Å². The minimum atomic E-state index is -0.0208. The van der Waals surface area contributed by atoms with E-state index in [1.54, 1.807) is 14.2 Å².